The van der Waals surface area contributed by atoms with Gasteiger partial charge in [0.15, 0.2) is 0 Å². The predicted octanol–water partition coefficient (Wildman–Crippen LogP) is 3.77. The van der Waals surface area contributed by atoms with Gasteiger partial charge in [0.1, 0.15) is 17.4 Å². The Hall–Kier alpha value is -2.50. The largest absolute Gasteiger partial charge is 0.435 e. The Morgan fingerprint density at radius 3 is 2.48 bits per heavy atom. The van der Waals surface area contributed by atoms with E-state index in [1.54, 1.807) is 23.1 Å². The fourth-order valence-corrected chi connectivity index (χ4v) is 2.33. The molecule has 2 aromatic carbocycles. The normalized spacial score (nSPS) is 13.7. The number of rotatable bonds is 3. The molecule has 0 amide bonds. The zero-order valence-corrected chi connectivity index (χ0v) is 10.8. The van der Waals surface area contributed by atoms with Crippen LogP contribution >= 0.6 is 0 Å². The maximum Gasteiger partial charge on any atom is 0.387 e. The van der Waals surface area contributed by atoms with Crippen molar-refractivity contribution in [1.82, 2.24) is 0 Å². The molecule has 1 heterocycles. The van der Waals surface area contributed by atoms with Crippen LogP contribution in [0, 0.1) is 11.2 Å². The van der Waals surface area contributed by atoms with Crippen molar-refractivity contribution in [1.29, 1.82) is 5.41 Å². The van der Waals surface area contributed by atoms with Gasteiger partial charge in [0.25, 0.3) is 0 Å². The van der Waals surface area contributed by atoms with Gasteiger partial charge < -0.3 is 9.64 Å². The first kappa shape index (κ1) is 13.5. The molecule has 1 N–H and O–H groups in total. The average molecular weight is 292 g/mol. The van der Waals surface area contributed by atoms with Gasteiger partial charge in [-0.2, -0.15) is 8.78 Å². The van der Waals surface area contributed by atoms with Crippen LogP contribution in [0.4, 0.5) is 18.9 Å². The van der Waals surface area contributed by atoms with Gasteiger partial charge in [-0.05, 0) is 42.0 Å². The number of fused-ring (bicyclic) bond motifs is 1. The van der Waals surface area contributed by atoms with E-state index < -0.39 is 6.61 Å². The third kappa shape index (κ3) is 2.56. The van der Waals surface area contributed by atoms with Gasteiger partial charge in [0.05, 0.1) is 6.54 Å². The minimum Gasteiger partial charge on any atom is -0.435 e. The number of alkyl halides is 2. The summed E-state index contributed by atoms with van der Waals surface area (Å²) in [5, 5.41) is 8.10. The highest BCUT2D eigenvalue weighted by molar-refractivity contribution is 6.11. The van der Waals surface area contributed by atoms with E-state index >= 15 is 0 Å². The Labute approximate surface area is 119 Å². The van der Waals surface area contributed by atoms with Crippen LogP contribution in [0.25, 0.3) is 0 Å². The SMILES string of the molecule is N=C1c2cc(F)ccc2CN1c1ccc(OC(F)F)cc1. The van der Waals surface area contributed by atoms with Crippen molar-refractivity contribution in [3.63, 3.8) is 0 Å². The van der Waals surface area contributed by atoms with Crippen LogP contribution in [0.5, 0.6) is 5.75 Å². The second kappa shape index (κ2) is 5.12. The summed E-state index contributed by atoms with van der Waals surface area (Å²) in [6.07, 6.45) is 0. The Balaban J connectivity index is 1.84. The molecule has 21 heavy (non-hydrogen) atoms. The molecule has 3 nitrogen and oxygen atoms in total. The molecule has 0 radical (unpaired) electrons. The molecule has 6 heteroatoms. The summed E-state index contributed by atoms with van der Waals surface area (Å²) in [5.41, 5.74) is 2.07. The van der Waals surface area contributed by atoms with Crippen LogP contribution in [-0.4, -0.2) is 12.4 Å². The maximum absolute atomic E-state index is 13.2. The highest BCUT2D eigenvalue weighted by Gasteiger charge is 2.25. The summed E-state index contributed by atoms with van der Waals surface area (Å²) < 4.78 is 41.7. The quantitative estimate of drug-likeness (QED) is 0.934. The number of ether oxygens (including phenoxy) is 1. The molecule has 0 spiro atoms. The smallest absolute Gasteiger partial charge is 0.387 e. The summed E-state index contributed by atoms with van der Waals surface area (Å²) >= 11 is 0. The van der Waals surface area contributed by atoms with E-state index in [4.69, 9.17) is 5.41 Å². The number of nitrogens with one attached hydrogen (secondary N) is 1. The van der Waals surface area contributed by atoms with Gasteiger partial charge >= 0.3 is 6.61 Å². The summed E-state index contributed by atoms with van der Waals surface area (Å²) in [6.45, 7) is -2.42. The monoisotopic (exact) mass is 292 g/mol. The molecule has 108 valence electrons. The summed E-state index contributed by atoms with van der Waals surface area (Å²) in [6, 6.07) is 10.3. The van der Waals surface area contributed by atoms with Crippen molar-refractivity contribution < 1.29 is 17.9 Å². The zero-order chi connectivity index (χ0) is 15.0. The number of nitrogens with zero attached hydrogens (tertiary/aromatic N) is 1. The number of hydrogen-bond acceptors (Lipinski definition) is 2. The molecule has 3 rings (SSSR count). The van der Waals surface area contributed by atoms with Crippen LogP contribution < -0.4 is 9.64 Å². The molecule has 1 aliphatic rings. The first-order valence-corrected chi connectivity index (χ1v) is 6.24. The van der Waals surface area contributed by atoms with Gasteiger partial charge in [-0.15, -0.1) is 0 Å². The lowest BCUT2D eigenvalue weighted by Crippen LogP contribution is -2.22. The number of halogens is 3. The van der Waals surface area contributed by atoms with Crippen LogP contribution in [0.2, 0.25) is 0 Å². The Morgan fingerprint density at radius 1 is 1.10 bits per heavy atom. The molecule has 2 aromatic rings. The molecule has 0 atom stereocenters. The lowest BCUT2D eigenvalue weighted by molar-refractivity contribution is -0.0498. The topological polar surface area (TPSA) is 36.3 Å². The van der Waals surface area contributed by atoms with Crippen molar-refractivity contribution in [3.05, 3.63) is 59.4 Å². The molecule has 0 aromatic heterocycles. The number of amidine groups is 1. The van der Waals surface area contributed by atoms with Crippen LogP contribution in [0.15, 0.2) is 42.5 Å². The van der Waals surface area contributed by atoms with Crippen LogP contribution in [0.1, 0.15) is 11.1 Å². The van der Waals surface area contributed by atoms with Gasteiger partial charge in [0.2, 0.25) is 0 Å². The lowest BCUT2D eigenvalue weighted by Gasteiger charge is -2.18. The third-order valence-corrected chi connectivity index (χ3v) is 3.30. The zero-order valence-electron chi connectivity index (χ0n) is 10.8. The Kier molecular flexibility index (Phi) is 3.29. The molecule has 0 aliphatic carbocycles. The third-order valence-electron chi connectivity index (χ3n) is 3.30. The van der Waals surface area contributed by atoms with Crippen LogP contribution in [0.3, 0.4) is 0 Å². The van der Waals surface area contributed by atoms with E-state index in [1.165, 1.54) is 24.3 Å². The number of hydrogen-bond donors (Lipinski definition) is 1. The van der Waals surface area contributed by atoms with Crippen molar-refractivity contribution in [2.75, 3.05) is 4.90 Å². The molecular formula is C15H11F3N2O. The fourth-order valence-electron chi connectivity index (χ4n) is 2.33. The van der Waals surface area contributed by atoms with Crippen molar-refractivity contribution in [2.24, 2.45) is 0 Å². The van der Waals surface area contributed by atoms with Crippen molar-refractivity contribution in [3.8, 4) is 5.75 Å². The lowest BCUT2D eigenvalue weighted by atomic mass is 10.1. The summed E-state index contributed by atoms with van der Waals surface area (Å²) in [7, 11) is 0. The highest BCUT2D eigenvalue weighted by Crippen LogP contribution is 2.30. The second-order valence-electron chi connectivity index (χ2n) is 4.61. The molecule has 1 aliphatic heterocycles. The Bertz CT molecular complexity index is 686. The van der Waals surface area contributed by atoms with E-state index in [9.17, 15) is 13.2 Å². The Morgan fingerprint density at radius 2 is 1.81 bits per heavy atom. The first-order valence-electron chi connectivity index (χ1n) is 6.24. The van der Waals surface area contributed by atoms with Crippen molar-refractivity contribution in [2.45, 2.75) is 13.2 Å². The van der Waals surface area contributed by atoms with E-state index in [1.807, 2.05) is 0 Å². The summed E-state index contributed by atoms with van der Waals surface area (Å²) in [4.78, 5) is 1.68. The van der Waals surface area contributed by atoms with Gasteiger partial charge in [-0.3, -0.25) is 5.41 Å². The highest BCUT2D eigenvalue weighted by atomic mass is 19.3. The molecular weight excluding hydrogens is 281 g/mol. The predicted molar refractivity (Wildman–Crippen MR) is 72.5 cm³/mol. The van der Waals surface area contributed by atoms with E-state index in [0.29, 0.717) is 17.8 Å². The molecule has 0 saturated carbocycles. The number of anilines is 1. The van der Waals surface area contributed by atoms with Gasteiger partial charge in [-0.1, -0.05) is 6.07 Å². The molecule has 0 fully saturated rings. The van der Waals surface area contributed by atoms with E-state index in [-0.39, 0.29) is 17.4 Å². The standard InChI is InChI=1S/C15H11F3N2O/c16-10-2-1-9-8-20(14(19)13(9)7-10)11-3-5-12(6-4-11)21-15(17)18/h1-7,15,19H,8H2. The second-order valence-corrected chi connectivity index (χ2v) is 4.61. The maximum atomic E-state index is 13.2. The van der Waals surface area contributed by atoms with E-state index in [0.717, 1.165) is 5.56 Å². The average Bonchev–Trinajstić information content (AvgIpc) is 2.76. The van der Waals surface area contributed by atoms with Crippen LogP contribution in [-0.2, 0) is 6.54 Å². The van der Waals surface area contributed by atoms with E-state index in [2.05, 4.69) is 4.74 Å². The van der Waals surface area contributed by atoms with Gasteiger partial charge in [-0.25, -0.2) is 4.39 Å². The molecule has 0 unspecified atom stereocenters. The minimum atomic E-state index is -2.87. The molecule has 0 saturated heterocycles. The minimum absolute atomic E-state index is 0.0584. The van der Waals surface area contributed by atoms with Crippen molar-refractivity contribution >= 4 is 11.5 Å². The first-order chi connectivity index (χ1) is 10.0. The van der Waals surface area contributed by atoms with Gasteiger partial charge in [0, 0.05) is 11.3 Å². The fraction of sp³-hybridized carbons (Fsp3) is 0.133. The summed E-state index contributed by atoms with van der Waals surface area (Å²) in [5.74, 6) is -0.143. The molecule has 0 bridgehead atoms. The number of benzene rings is 2.